The molecule has 0 aliphatic heterocycles. The summed E-state index contributed by atoms with van der Waals surface area (Å²) in [4.78, 5) is 10.4. The van der Waals surface area contributed by atoms with Gasteiger partial charge in [-0.15, -0.1) is 0 Å². The maximum atomic E-state index is 10.4. The SMILES string of the molecule is NC(Cc1ccc(O)c(O)c1)C(=O)O.Oc1ccccc1. The van der Waals surface area contributed by atoms with Crippen molar-refractivity contribution in [2.45, 2.75) is 12.5 Å². The molecule has 0 amide bonds. The van der Waals surface area contributed by atoms with Crippen LogP contribution >= 0.6 is 0 Å². The Hall–Kier alpha value is -2.73. The molecule has 1 unspecified atom stereocenters. The van der Waals surface area contributed by atoms with Crippen LogP contribution in [0.2, 0.25) is 0 Å². The van der Waals surface area contributed by atoms with Crippen LogP contribution in [-0.4, -0.2) is 32.4 Å². The maximum Gasteiger partial charge on any atom is 0.320 e. The standard InChI is InChI=1S/C9H11NO4.C6H6O/c10-6(9(13)14)3-5-1-2-7(11)8(12)4-5;7-6-4-2-1-3-5-6/h1-2,4,6,11-12H,3,10H2,(H,13,14);1-5,7H. The lowest BCUT2D eigenvalue weighted by Crippen LogP contribution is -2.32. The molecule has 0 bridgehead atoms. The van der Waals surface area contributed by atoms with Gasteiger partial charge in [0.25, 0.3) is 0 Å². The van der Waals surface area contributed by atoms with E-state index in [9.17, 15) is 4.79 Å². The fourth-order valence-electron chi connectivity index (χ4n) is 1.47. The minimum Gasteiger partial charge on any atom is -0.508 e. The van der Waals surface area contributed by atoms with Gasteiger partial charge in [-0.2, -0.15) is 0 Å². The average Bonchev–Trinajstić information content (AvgIpc) is 2.44. The molecule has 0 aromatic heterocycles. The number of aromatic hydroxyl groups is 3. The Morgan fingerprint density at radius 2 is 1.62 bits per heavy atom. The van der Waals surface area contributed by atoms with Crippen LogP contribution in [0.15, 0.2) is 48.5 Å². The van der Waals surface area contributed by atoms with Crippen molar-refractivity contribution in [3.63, 3.8) is 0 Å². The van der Waals surface area contributed by atoms with Crippen molar-refractivity contribution < 1.29 is 25.2 Å². The molecule has 0 saturated heterocycles. The Morgan fingerprint density at radius 1 is 1.00 bits per heavy atom. The van der Waals surface area contributed by atoms with Crippen LogP contribution in [0, 0.1) is 0 Å². The van der Waals surface area contributed by atoms with Crippen molar-refractivity contribution in [1.29, 1.82) is 0 Å². The smallest absolute Gasteiger partial charge is 0.320 e. The van der Waals surface area contributed by atoms with E-state index in [-0.39, 0.29) is 17.9 Å². The Kier molecular flexibility index (Phi) is 6.03. The van der Waals surface area contributed by atoms with Crippen molar-refractivity contribution in [2.75, 3.05) is 0 Å². The van der Waals surface area contributed by atoms with Gasteiger partial charge >= 0.3 is 5.97 Å². The molecule has 0 radical (unpaired) electrons. The zero-order valence-electron chi connectivity index (χ0n) is 11.2. The normalized spacial score (nSPS) is 11.1. The number of carboxylic acids is 1. The van der Waals surface area contributed by atoms with Crippen molar-refractivity contribution >= 4 is 5.97 Å². The predicted octanol–water partition coefficient (Wildman–Crippen LogP) is 1.44. The zero-order chi connectivity index (χ0) is 15.8. The molecular weight excluding hydrogens is 274 g/mol. The molecule has 0 saturated carbocycles. The van der Waals surface area contributed by atoms with Gasteiger partial charge in [0.2, 0.25) is 0 Å². The quantitative estimate of drug-likeness (QED) is 0.545. The lowest BCUT2D eigenvalue weighted by atomic mass is 10.1. The number of phenolic OH excluding ortho intramolecular Hbond substituents is 3. The van der Waals surface area contributed by atoms with Gasteiger partial charge < -0.3 is 26.2 Å². The molecule has 6 N–H and O–H groups in total. The third-order valence-corrected chi connectivity index (χ3v) is 2.57. The molecule has 6 heteroatoms. The van der Waals surface area contributed by atoms with E-state index in [1.807, 2.05) is 6.07 Å². The van der Waals surface area contributed by atoms with Gasteiger partial charge in [0.15, 0.2) is 11.5 Å². The summed E-state index contributed by atoms with van der Waals surface area (Å²) in [6, 6.07) is 11.8. The number of carboxylic acid groups (broad SMARTS) is 1. The second kappa shape index (κ2) is 7.76. The fraction of sp³-hybridized carbons (Fsp3) is 0.133. The number of rotatable bonds is 3. The first-order valence-electron chi connectivity index (χ1n) is 6.13. The first kappa shape index (κ1) is 16.3. The van der Waals surface area contributed by atoms with E-state index in [0.29, 0.717) is 11.3 Å². The fourth-order valence-corrected chi connectivity index (χ4v) is 1.47. The molecule has 0 aliphatic carbocycles. The second-order valence-electron chi connectivity index (χ2n) is 4.31. The number of hydrogen-bond acceptors (Lipinski definition) is 5. The first-order chi connectivity index (χ1) is 9.90. The number of aliphatic carboxylic acids is 1. The third kappa shape index (κ3) is 5.84. The molecule has 1 atom stereocenters. The van der Waals surface area contributed by atoms with Gasteiger partial charge in [0.1, 0.15) is 11.8 Å². The monoisotopic (exact) mass is 291 g/mol. The van der Waals surface area contributed by atoms with Crippen molar-refractivity contribution in [3.8, 4) is 17.2 Å². The van der Waals surface area contributed by atoms with Crippen molar-refractivity contribution in [1.82, 2.24) is 0 Å². The number of phenols is 3. The minimum absolute atomic E-state index is 0.114. The van der Waals surface area contributed by atoms with E-state index in [2.05, 4.69) is 0 Å². The van der Waals surface area contributed by atoms with Gasteiger partial charge in [-0.3, -0.25) is 4.79 Å². The van der Waals surface area contributed by atoms with Crippen LogP contribution in [0.25, 0.3) is 0 Å². The number of hydrogen-bond donors (Lipinski definition) is 5. The van der Waals surface area contributed by atoms with Crippen LogP contribution in [0.3, 0.4) is 0 Å². The van der Waals surface area contributed by atoms with Crippen LogP contribution in [0.1, 0.15) is 5.56 Å². The van der Waals surface area contributed by atoms with Crippen LogP contribution in [-0.2, 0) is 11.2 Å². The number of nitrogens with two attached hydrogens (primary N) is 1. The molecule has 21 heavy (non-hydrogen) atoms. The molecule has 6 nitrogen and oxygen atoms in total. The lowest BCUT2D eigenvalue weighted by Gasteiger charge is -2.06. The highest BCUT2D eigenvalue weighted by atomic mass is 16.4. The van der Waals surface area contributed by atoms with E-state index >= 15 is 0 Å². The molecule has 2 aromatic carbocycles. The van der Waals surface area contributed by atoms with E-state index in [4.69, 9.17) is 26.2 Å². The third-order valence-electron chi connectivity index (χ3n) is 2.57. The van der Waals surface area contributed by atoms with E-state index in [0.717, 1.165) is 0 Å². The first-order valence-corrected chi connectivity index (χ1v) is 6.13. The number of carbonyl (C=O) groups is 1. The topological polar surface area (TPSA) is 124 Å². The van der Waals surface area contributed by atoms with Gasteiger partial charge in [-0.25, -0.2) is 0 Å². The van der Waals surface area contributed by atoms with Crippen molar-refractivity contribution in [3.05, 3.63) is 54.1 Å². The highest BCUT2D eigenvalue weighted by molar-refractivity contribution is 5.73. The predicted molar refractivity (Wildman–Crippen MR) is 77.2 cm³/mol. The highest BCUT2D eigenvalue weighted by Gasteiger charge is 2.12. The summed E-state index contributed by atoms with van der Waals surface area (Å²) in [6.45, 7) is 0. The Morgan fingerprint density at radius 3 is 2.05 bits per heavy atom. The summed E-state index contributed by atoms with van der Waals surface area (Å²) in [7, 11) is 0. The summed E-state index contributed by atoms with van der Waals surface area (Å²) in [5.41, 5.74) is 5.86. The Bertz CT molecular complexity index is 586. The lowest BCUT2D eigenvalue weighted by molar-refractivity contribution is -0.138. The average molecular weight is 291 g/mol. The van der Waals surface area contributed by atoms with Gasteiger partial charge in [0, 0.05) is 0 Å². The number of para-hydroxylation sites is 1. The van der Waals surface area contributed by atoms with Crippen LogP contribution in [0.4, 0.5) is 0 Å². The van der Waals surface area contributed by atoms with E-state index in [1.165, 1.54) is 18.2 Å². The zero-order valence-corrected chi connectivity index (χ0v) is 11.2. The van der Waals surface area contributed by atoms with Crippen LogP contribution in [0.5, 0.6) is 17.2 Å². The molecule has 0 aliphatic rings. The second-order valence-corrected chi connectivity index (χ2v) is 4.31. The highest BCUT2D eigenvalue weighted by Crippen LogP contribution is 2.25. The van der Waals surface area contributed by atoms with Gasteiger partial charge in [-0.05, 0) is 36.2 Å². The van der Waals surface area contributed by atoms with Gasteiger partial charge in [0.05, 0.1) is 0 Å². The van der Waals surface area contributed by atoms with Crippen LogP contribution < -0.4 is 5.73 Å². The van der Waals surface area contributed by atoms with Crippen molar-refractivity contribution in [2.24, 2.45) is 5.73 Å². The molecule has 0 spiro atoms. The number of benzene rings is 2. The molecule has 2 rings (SSSR count). The minimum atomic E-state index is -1.10. The molecule has 112 valence electrons. The summed E-state index contributed by atoms with van der Waals surface area (Å²) >= 11 is 0. The molecular formula is C15H17NO5. The largest absolute Gasteiger partial charge is 0.508 e. The summed E-state index contributed by atoms with van der Waals surface area (Å²) in [5.74, 6) is -1.29. The van der Waals surface area contributed by atoms with E-state index in [1.54, 1.807) is 24.3 Å². The maximum absolute atomic E-state index is 10.4. The van der Waals surface area contributed by atoms with E-state index < -0.39 is 12.0 Å². The molecule has 2 aromatic rings. The Labute approximate surface area is 121 Å². The summed E-state index contributed by atoms with van der Waals surface area (Å²) in [6.07, 6.45) is 0.114. The Balaban J connectivity index is 0.000000262. The molecule has 0 heterocycles. The molecule has 0 fully saturated rings. The summed E-state index contributed by atoms with van der Waals surface area (Å²) in [5, 5.41) is 35.3. The summed E-state index contributed by atoms with van der Waals surface area (Å²) < 4.78 is 0. The van der Waals surface area contributed by atoms with Gasteiger partial charge in [-0.1, -0.05) is 24.3 Å².